The highest BCUT2D eigenvalue weighted by Gasteiger charge is 2.38. The minimum absolute atomic E-state index is 0.0121. The Labute approximate surface area is 194 Å². The molecule has 0 saturated carbocycles. The summed E-state index contributed by atoms with van der Waals surface area (Å²) in [6.45, 7) is 2.45. The van der Waals surface area contributed by atoms with E-state index in [9.17, 15) is 23.1 Å². The summed E-state index contributed by atoms with van der Waals surface area (Å²) in [6.07, 6.45) is -2.08. The van der Waals surface area contributed by atoms with E-state index < -0.39 is 12.0 Å². The second-order valence-electron chi connectivity index (χ2n) is 8.89. The molecule has 1 aromatic carbocycles. The Kier molecular flexibility index (Phi) is 5.88. The van der Waals surface area contributed by atoms with E-state index in [1.165, 1.54) is 6.07 Å². The first kappa shape index (κ1) is 22.6. The maximum atomic E-state index is 13.2. The van der Waals surface area contributed by atoms with Gasteiger partial charge in [0.15, 0.2) is 5.65 Å². The molecule has 0 aliphatic carbocycles. The predicted octanol–water partition coefficient (Wildman–Crippen LogP) is 3.12. The number of likely N-dealkylation sites (tertiary alicyclic amines) is 1. The number of amides is 1. The van der Waals surface area contributed by atoms with Gasteiger partial charge in [-0.2, -0.15) is 17.7 Å². The van der Waals surface area contributed by atoms with Gasteiger partial charge in [-0.05, 0) is 61.4 Å². The number of halogens is 3. The largest absolute Gasteiger partial charge is 0.453 e. The Morgan fingerprint density at radius 3 is 2.24 bits per heavy atom. The number of benzene rings is 1. The smallest absolute Gasteiger partial charge is 0.393 e. The molecule has 0 atom stereocenters. The normalized spacial score (nSPS) is 18.6. The van der Waals surface area contributed by atoms with E-state index in [-0.39, 0.29) is 17.7 Å². The van der Waals surface area contributed by atoms with Crippen molar-refractivity contribution in [1.29, 1.82) is 0 Å². The summed E-state index contributed by atoms with van der Waals surface area (Å²) in [5.41, 5.74) is 1.85. The molecule has 8 nitrogen and oxygen atoms in total. The second kappa shape index (κ2) is 8.86. The van der Waals surface area contributed by atoms with E-state index in [2.05, 4.69) is 15.3 Å². The van der Waals surface area contributed by atoms with Crippen molar-refractivity contribution in [3.63, 3.8) is 0 Å². The van der Waals surface area contributed by atoms with Crippen molar-refractivity contribution in [2.45, 2.75) is 43.9 Å². The number of fused-ring (bicyclic) bond motifs is 1. The summed E-state index contributed by atoms with van der Waals surface area (Å²) in [5.74, 6) is -0.379. The van der Waals surface area contributed by atoms with Crippen LogP contribution in [0.15, 0.2) is 36.4 Å². The number of hydrogen-bond donors (Lipinski definition) is 1. The van der Waals surface area contributed by atoms with Crippen molar-refractivity contribution >= 4 is 17.4 Å². The fourth-order valence-corrected chi connectivity index (χ4v) is 4.72. The number of aliphatic hydroxyl groups is 1. The summed E-state index contributed by atoms with van der Waals surface area (Å²) in [7, 11) is 0. The van der Waals surface area contributed by atoms with Gasteiger partial charge in [0.05, 0.1) is 6.10 Å². The minimum Gasteiger partial charge on any atom is -0.393 e. The number of hydrogen-bond acceptors (Lipinski definition) is 6. The molecule has 11 heteroatoms. The summed E-state index contributed by atoms with van der Waals surface area (Å²) < 4.78 is 40.2. The first-order valence-corrected chi connectivity index (χ1v) is 11.4. The van der Waals surface area contributed by atoms with Gasteiger partial charge in [0, 0.05) is 31.7 Å². The van der Waals surface area contributed by atoms with Crippen LogP contribution in [0.1, 0.15) is 53.3 Å². The van der Waals surface area contributed by atoms with E-state index in [1.807, 2.05) is 29.2 Å². The maximum absolute atomic E-state index is 13.2. The zero-order valence-electron chi connectivity index (χ0n) is 18.4. The van der Waals surface area contributed by atoms with Crippen molar-refractivity contribution in [2.24, 2.45) is 0 Å². The zero-order chi connectivity index (χ0) is 23.9. The van der Waals surface area contributed by atoms with Gasteiger partial charge in [0.25, 0.3) is 11.7 Å². The van der Waals surface area contributed by atoms with Crippen molar-refractivity contribution in [1.82, 2.24) is 24.7 Å². The topological polar surface area (TPSA) is 86.9 Å². The van der Waals surface area contributed by atoms with Gasteiger partial charge in [-0.3, -0.25) is 4.79 Å². The molecule has 4 heterocycles. The molecule has 1 amide bonds. The van der Waals surface area contributed by atoms with Crippen molar-refractivity contribution in [3.8, 4) is 0 Å². The molecule has 180 valence electrons. The first-order valence-electron chi connectivity index (χ1n) is 11.4. The molecule has 2 saturated heterocycles. The number of piperidine rings is 2. The number of carbonyl (C=O) groups excluding carboxylic acids is 1. The minimum atomic E-state index is -4.62. The van der Waals surface area contributed by atoms with Crippen LogP contribution in [0.4, 0.5) is 19.0 Å². The molecule has 1 N–H and O–H groups in total. The van der Waals surface area contributed by atoms with Gasteiger partial charge in [-0.1, -0.05) is 12.1 Å². The van der Waals surface area contributed by atoms with Crippen LogP contribution in [0.5, 0.6) is 0 Å². The van der Waals surface area contributed by atoms with E-state index in [0.717, 1.165) is 22.9 Å². The fraction of sp³-hybridized carbons (Fsp3) is 0.478. The SMILES string of the molecule is O=C(c1ccc(C2CCN(c3ccc4nnc(C(F)(F)F)n4n3)CC2)cc1)N1CCC(O)CC1. The third kappa shape index (κ3) is 4.44. The van der Waals surface area contributed by atoms with Crippen LogP contribution in [0.3, 0.4) is 0 Å². The molecule has 2 fully saturated rings. The standard InChI is InChI=1S/C23H25F3N6O2/c24-23(25,26)22-28-27-19-5-6-20(29-32(19)22)30-11-7-16(8-12-30)15-1-3-17(4-2-15)21(34)31-13-9-18(33)10-14-31/h1-6,16,18,33H,7-14H2. The van der Waals surface area contributed by atoms with E-state index in [4.69, 9.17) is 0 Å². The number of nitrogens with zero attached hydrogens (tertiary/aromatic N) is 6. The zero-order valence-corrected chi connectivity index (χ0v) is 18.4. The third-order valence-corrected chi connectivity index (χ3v) is 6.70. The van der Waals surface area contributed by atoms with Crippen LogP contribution in [0.2, 0.25) is 0 Å². The van der Waals surface area contributed by atoms with Gasteiger partial charge < -0.3 is 14.9 Å². The monoisotopic (exact) mass is 474 g/mol. The van der Waals surface area contributed by atoms with Crippen molar-refractivity contribution in [3.05, 3.63) is 53.3 Å². The number of aromatic nitrogens is 4. The molecule has 34 heavy (non-hydrogen) atoms. The molecule has 2 aliphatic rings. The molecule has 0 spiro atoms. The number of aliphatic hydroxyl groups excluding tert-OH is 1. The van der Waals surface area contributed by atoms with Crippen LogP contribution in [0.25, 0.3) is 5.65 Å². The Balaban J connectivity index is 1.23. The van der Waals surface area contributed by atoms with Gasteiger partial charge in [-0.25, -0.2) is 0 Å². The Hall–Kier alpha value is -3.21. The van der Waals surface area contributed by atoms with Crippen molar-refractivity contribution < 1.29 is 23.1 Å². The lowest BCUT2D eigenvalue weighted by Crippen LogP contribution is -2.40. The molecule has 0 bridgehead atoms. The summed E-state index contributed by atoms with van der Waals surface area (Å²) in [6, 6.07) is 10.9. The lowest BCUT2D eigenvalue weighted by molar-refractivity contribution is -0.146. The van der Waals surface area contributed by atoms with Gasteiger partial charge in [0.2, 0.25) is 0 Å². The van der Waals surface area contributed by atoms with Crippen LogP contribution in [0, 0.1) is 0 Å². The number of carbonyl (C=O) groups is 1. The highest BCUT2D eigenvalue weighted by molar-refractivity contribution is 5.94. The molecule has 0 radical (unpaired) electrons. The number of rotatable bonds is 3. The molecule has 5 rings (SSSR count). The molecule has 2 aliphatic heterocycles. The Morgan fingerprint density at radius 2 is 1.59 bits per heavy atom. The van der Waals surface area contributed by atoms with Crippen LogP contribution < -0.4 is 4.90 Å². The van der Waals surface area contributed by atoms with Crippen LogP contribution >= 0.6 is 0 Å². The first-order chi connectivity index (χ1) is 16.3. The van der Waals surface area contributed by atoms with E-state index in [0.29, 0.717) is 56.3 Å². The molecule has 0 unspecified atom stereocenters. The molecular weight excluding hydrogens is 449 g/mol. The summed E-state index contributed by atoms with van der Waals surface area (Å²) >= 11 is 0. The highest BCUT2D eigenvalue weighted by Crippen LogP contribution is 2.31. The lowest BCUT2D eigenvalue weighted by Gasteiger charge is -2.33. The fourth-order valence-electron chi connectivity index (χ4n) is 4.72. The summed E-state index contributed by atoms with van der Waals surface area (Å²) in [5, 5.41) is 20.6. The molecule has 2 aromatic heterocycles. The molecular formula is C23H25F3N6O2. The Morgan fingerprint density at radius 1 is 0.912 bits per heavy atom. The second-order valence-corrected chi connectivity index (χ2v) is 8.89. The summed E-state index contributed by atoms with van der Waals surface area (Å²) in [4.78, 5) is 16.5. The maximum Gasteiger partial charge on any atom is 0.453 e. The number of alkyl halides is 3. The third-order valence-electron chi connectivity index (χ3n) is 6.70. The van der Waals surface area contributed by atoms with E-state index in [1.54, 1.807) is 11.0 Å². The highest BCUT2D eigenvalue weighted by atomic mass is 19.4. The van der Waals surface area contributed by atoms with E-state index >= 15 is 0 Å². The van der Waals surface area contributed by atoms with Crippen LogP contribution in [-0.2, 0) is 6.18 Å². The predicted molar refractivity (Wildman–Crippen MR) is 118 cm³/mol. The number of anilines is 1. The molecule has 3 aromatic rings. The van der Waals surface area contributed by atoms with Crippen LogP contribution in [-0.4, -0.2) is 68.0 Å². The lowest BCUT2D eigenvalue weighted by atomic mass is 9.89. The van der Waals surface area contributed by atoms with Gasteiger partial charge >= 0.3 is 6.18 Å². The average Bonchev–Trinajstić information content (AvgIpc) is 3.28. The average molecular weight is 474 g/mol. The Bertz CT molecular complexity index is 1160. The van der Waals surface area contributed by atoms with Gasteiger partial charge in [-0.15, -0.1) is 15.3 Å². The van der Waals surface area contributed by atoms with Gasteiger partial charge in [0.1, 0.15) is 5.82 Å². The van der Waals surface area contributed by atoms with Crippen molar-refractivity contribution in [2.75, 3.05) is 31.1 Å². The quantitative estimate of drug-likeness (QED) is 0.628.